The van der Waals surface area contributed by atoms with Gasteiger partial charge in [0, 0.05) is 36.4 Å². The van der Waals surface area contributed by atoms with E-state index in [1.807, 2.05) is 19.1 Å². The molecule has 2 N–H and O–H groups in total. The molecule has 1 aromatic rings. The first-order valence-electron chi connectivity index (χ1n) is 7.97. The van der Waals surface area contributed by atoms with E-state index in [0.717, 1.165) is 24.7 Å². The zero-order valence-corrected chi connectivity index (χ0v) is 13.0. The quantitative estimate of drug-likeness (QED) is 0.927. The number of benzene rings is 1. The minimum Gasteiger partial charge on any atom is -0.370 e. The van der Waals surface area contributed by atoms with Crippen LogP contribution in [-0.2, 0) is 0 Å². The molecular formula is C17H25N3O. The van der Waals surface area contributed by atoms with E-state index < -0.39 is 0 Å². The lowest BCUT2D eigenvalue weighted by atomic mass is 10.1. The van der Waals surface area contributed by atoms with Crippen molar-refractivity contribution in [2.75, 3.05) is 24.5 Å². The van der Waals surface area contributed by atoms with Crippen LogP contribution in [0.2, 0.25) is 0 Å². The molecule has 0 aromatic heterocycles. The van der Waals surface area contributed by atoms with Gasteiger partial charge < -0.3 is 10.6 Å². The Hall–Kier alpha value is -1.55. The van der Waals surface area contributed by atoms with Gasteiger partial charge in [-0.25, -0.2) is 0 Å². The van der Waals surface area contributed by atoms with E-state index >= 15 is 0 Å². The summed E-state index contributed by atoms with van der Waals surface area (Å²) in [5, 5.41) is 0. The molecule has 114 valence electrons. The minimum absolute atomic E-state index is 0.343. The van der Waals surface area contributed by atoms with E-state index in [-0.39, 0.29) is 5.91 Å². The van der Waals surface area contributed by atoms with Crippen molar-refractivity contribution in [3.05, 3.63) is 29.3 Å². The number of hydrogen-bond acceptors (Lipinski definition) is 3. The summed E-state index contributed by atoms with van der Waals surface area (Å²) >= 11 is 0. The van der Waals surface area contributed by atoms with Crippen LogP contribution < -0.4 is 10.6 Å². The average molecular weight is 287 g/mol. The molecule has 4 heteroatoms. The number of anilines is 1. The molecule has 1 amide bonds. The Balaban J connectivity index is 1.71. The van der Waals surface area contributed by atoms with Gasteiger partial charge in [0.25, 0.3) is 0 Å². The third-order valence-electron chi connectivity index (χ3n) is 5.08. The fourth-order valence-electron chi connectivity index (χ4n) is 3.87. The molecule has 2 heterocycles. The second kappa shape index (κ2) is 5.68. The fraction of sp³-hybridized carbons (Fsp3) is 0.588. The van der Waals surface area contributed by atoms with Gasteiger partial charge in [-0.3, -0.25) is 9.69 Å². The summed E-state index contributed by atoms with van der Waals surface area (Å²) in [6.45, 7) is 7.75. The molecule has 2 aliphatic rings. The third-order valence-corrected chi connectivity index (χ3v) is 5.08. The largest absolute Gasteiger partial charge is 0.370 e. The standard InChI is InChI=1S/C17H25N3O/c1-12-10-14(5-6-16(12)17(18)21)19-9-7-15(11-19)20-8-3-4-13(20)2/h5-6,10,13,15H,3-4,7-9,11H2,1-2H3,(H2,18,21). The van der Waals surface area contributed by atoms with Crippen LogP contribution in [0.5, 0.6) is 0 Å². The summed E-state index contributed by atoms with van der Waals surface area (Å²) in [6.07, 6.45) is 3.91. The van der Waals surface area contributed by atoms with E-state index in [2.05, 4.69) is 22.8 Å². The molecule has 3 rings (SSSR count). The molecule has 0 aliphatic carbocycles. The zero-order valence-electron chi connectivity index (χ0n) is 13.0. The van der Waals surface area contributed by atoms with Crippen molar-refractivity contribution in [1.29, 1.82) is 0 Å². The van der Waals surface area contributed by atoms with Crippen molar-refractivity contribution < 1.29 is 4.79 Å². The van der Waals surface area contributed by atoms with Gasteiger partial charge >= 0.3 is 0 Å². The van der Waals surface area contributed by atoms with Crippen molar-refractivity contribution in [3.63, 3.8) is 0 Å². The lowest BCUT2D eigenvalue weighted by Gasteiger charge is -2.28. The Morgan fingerprint density at radius 2 is 2.10 bits per heavy atom. The SMILES string of the molecule is Cc1cc(N2CCC(N3CCCC3C)C2)ccc1C(N)=O. The van der Waals surface area contributed by atoms with E-state index in [4.69, 9.17) is 5.73 Å². The van der Waals surface area contributed by atoms with Gasteiger partial charge in [0.15, 0.2) is 0 Å². The predicted octanol–water partition coefficient (Wildman–Crippen LogP) is 2.16. The topological polar surface area (TPSA) is 49.6 Å². The molecule has 2 unspecified atom stereocenters. The van der Waals surface area contributed by atoms with Crippen LogP contribution in [0, 0.1) is 6.92 Å². The van der Waals surface area contributed by atoms with Crippen LogP contribution in [0.15, 0.2) is 18.2 Å². The second-order valence-electron chi connectivity index (χ2n) is 6.48. The molecule has 1 aromatic carbocycles. The van der Waals surface area contributed by atoms with Gasteiger partial charge in [0.05, 0.1) is 0 Å². The first kappa shape index (κ1) is 14.4. The van der Waals surface area contributed by atoms with Gasteiger partial charge in [-0.05, 0) is 63.4 Å². The van der Waals surface area contributed by atoms with Crippen LogP contribution in [0.1, 0.15) is 42.1 Å². The third kappa shape index (κ3) is 2.77. The highest BCUT2D eigenvalue weighted by molar-refractivity contribution is 5.94. The number of amides is 1. The Kier molecular flexibility index (Phi) is 3.89. The van der Waals surface area contributed by atoms with Crippen LogP contribution in [0.3, 0.4) is 0 Å². The number of carbonyl (C=O) groups is 1. The Morgan fingerprint density at radius 3 is 2.71 bits per heavy atom. The number of hydrogen-bond donors (Lipinski definition) is 1. The van der Waals surface area contributed by atoms with E-state index in [0.29, 0.717) is 11.6 Å². The number of primary amides is 1. The van der Waals surface area contributed by atoms with Crippen molar-refractivity contribution in [1.82, 2.24) is 4.90 Å². The maximum absolute atomic E-state index is 11.3. The van der Waals surface area contributed by atoms with Gasteiger partial charge in [-0.2, -0.15) is 0 Å². The van der Waals surface area contributed by atoms with Crippen LogP contribution in [0.4, 0.5) is 5.69 Å². The molecule has 2 saturated heterocycles. The number of nitrogens with two attached hydrogens (primary N) is 1. The average Bonchev–Trinajstić information content (AvgIpc) is 3.06. The number of aryl methyl sites for hydroxylation is 1. The first-order valence-corrected chi connectivity index (χ1v) is 7.97. The van der Waals surface area contributed by atoms with Crippen LogP contribution in [-0.4, -0.2) is 42.5 Å². The number of rotatable bonds is 3. The zero-order chi connectivity index (χ0) is 15.0. The lowest BCUT2D eigenvalue weighted by molar-refractivity contribution is 0.0999. The smallest absolute Gasteiger partial charge is 0.248 e. The molecule has 0 saturated carbocycles. The minimum atomic E-state index is -0.343. The number of nitrogens with zero attached hydrogens (tertiary/aromatic N) is 2. The molecule has 2 fully saturated rings. The van der Waals surface area contributed by atoms with Crippen LogP contribution >= 0.6 is 0 Å². The van der Waals surface area contributed by atoms with Gasteiger partial charge in [-0.15, -0.1) is 0 Å². The summed E-state index contributed by atoms with van der Waals surface area (Å²) in [5.74, 6) is -0.343. The molecule has 4 nitrogen and oxygen atoms in total. The highest BCUT2D eigenvalue weighted by Crippen LogP contribution is 2.29. The van der Waals surface area contributed by atoms with Crippen molar-refractivity contribution >= 4 is 11.6 Å². The van der Waals surface area contributed by atoms with Crippen LogP contribution in [0.25, 0.3) is 0 Å². The maximum atomic E-state index is 11.3. The van der Waals surface area contributed by atoms with E-state index in [1.54, 1.807) is 0 Å². The summed E-state index contributed by atoms with van der Waals surface area (Å²) < 4.78 is 0. The van der Waals surface area contributed by atoms with E-state index in [1.165, 1.54) is 31.5 Å². The molecule has 21 heavy (non-hydrogen) atoms. The van der Waals surface area contributed by atoms with Gasteiger partial charge in [-0.1, -0.05) is 0 Å². The highest BCUT2D eigenvalue weighted by atomic mass is 16.1. The van der Waals surface area contributed by atoms with Crippen molar-refractivity contribution in [3.8, 4) is 0 Å². The second-order valence-corrected chi connectivity index (χ2v) is 6.48. The van der Waals surface area contributed by atoms with Crippen molar-refractivity contribution in [2.45, 2.75) is 45.2 Å². The highest BCUT2D eigenvalue weighted by Gasteiger charge is 2.32. The molecule has 2 atom stereocenters. The Morgan fingerprint density at radius 1 is 1.29 bits per heavy atom. The molecular weight excluding hydrogens is 262 g/mol. The Bertz CT molecular complexity index is 543. The van der Waals surface area contributed by atoms with Gasteiger partial charge in [0.2, 0.25) is 5.91 Å². The molecule has 2 aliphatic heterocycles. The maximum Gasteiger partial charge on any atom is 0.248 e. The van der Waals surface area contributed by atoms with Gasteiger partial charge in [0.1, 0.15) is 0 Å². The fourth-order valence-corrected chi connectivity index (χ4v) is 3.87. The lowest BCUT2D eigenvalue weighted by Crippen LogP contribution is -2.39. The Labute approximate surface area is 126 Å². The summed E-state index contributed by atoms with van der Waals surface area (Å²) in [4.78, 5) is 16.4. The first-order chi connectivity index (χ1) is 10.1. The number of carbonyl (C=O) groups excluding carboxylic acids is 1. The molecule has 0 spiro atoms. The molecule has 0 radical (unpaired) electrons. The summed E-state index contributed by atoms with van der Waals surface area (Å²) in [6, 6.07) is 7.39. The monoisotopic (exact) mass is 287 g/mol. The summed E-state index contributed by atoms with van der Waals surface area (Å²) in [7, 11) is 0. The van der Waals surface area contributed by atoms with E-state index in [9.17, 15) is 4.79 Å². The number of likely N-dealkylation sites (tertiary alicyclic amines) is 1. The normalized spacial score (nSPS) is 26.5. The predicted molar refractivity (Wildman–Crippen MR) is 85.7 cm³/mol. The molecule has 0 bridgehead atoms. The summed E-state index contributed by atoms with van der Waals surface area (Å²) in [5.41, 5.74) is 8.19. The van der Waals surface area contributed by atoms with Crippen molar-refractivity contribution in [2.24, 2.45) is 5.73 Å².